The Bertz CT molecular complexity index is 830. The smallest absolute Gasteiger partial charge is 0.407 e. The van der Waals surface area contributed by atoms with Gasteiger partial charge in [-0.1, -0.05) is 36.4 Å². The molecule has 2 aromatic carbocycles. The summed E-state index contributed by atoms with van der Waals surface area (Å²) in [6, 6.07) is 15.4. The highest BCUT2D eigenvalue weighted by Crippen LogP contribution is 2.17. The molecular weight excluding hydrogens is 368 g/mol. The molecule has 0 bridgehead atoms. The van der Waals surface area contributed by atoms with Gasteiger partial charge in [0.2, 0.25) is 0 Å². The van der Waals surface area contributed by atoms with Crippen LogP contribution in [0.5, 0.6) is 5.75 Å². The average Bonchev–Trinajstić information content (AvgIpc) is 2.74. The Morgan fingerprint density at radius 1 is 1.03 bits per heavy atom. The van der Waals surface area contributed by atoms with Crippen molar-refractivity contribution in [2.45, 2.75) is 39.3 Å². The number of hydrogen-bond acceptors (Lipinski definition) is 4. The number of alkyl carbamates (subject to hydrolysis) is 1. The quantitative estimate of drug-likeness (QED) is 0.810. The Balaban J connectivity index is 1.36. The molecule has 6 heteroatoms. The number of benzene rings is 2. The van der Waals surface area contributed by atoms with Crippen LogP contribution in [-0.4, -0.2) is 42.6 Å². The van der Waals surface area contributed by atoms with Crippen LogP contribution >= 0.6 is 0 Å². The number of carbonyl (C=O) groups excluding carboxylic acids is 2. The number of hydrogen-bond donors (Lipinski definition) is 1. The minimum absolute atomic E-state index is 0.0167. The molecule has 1 fully saturated rings. The Hall–Kier alpha value is -3.02. The van der Waals surface area contributed by atoms with E-state index in [1.807, 2.05) is 62.4 Å². The molecule has 1 heterocycles. The molecule has 6 nitrogen and oxygen atoms in total. The largest absolute Gasteiger partial charge is 0.484 e. The summed E-state index contributed by atoms with van der Waals surface area (Å²) in [7, 11) is 0. The summed E-state index contributed by atoms with van der Waals surface area (Å²) >= 11 is 0. The first-order valence-electron chi connectivity index (χ1n) is 9.96. The van der Waals surface area contributed by atoms with Gasteiger partial charge in [-0.15, -0.1) is 0 Å². The number of carbonyl (C=O) groups is 2. The van der Waals surface area contributed by atoms with Gasteiger partial charge < -0.3 is 19.7 Å². The summed E-state index contributed by atoms with van der Waals surface area (Å²) in [6.07, 6.45) is 0.989. The number of aryl methyl sites for hydroxylation is 2. The van der Waals surface area contributed by atoms with Crippen molar-refractivity contribution in [1.29, 1.82) is 0 Å². The van der Waals surface area contributed by atoms with Crippen molar-refractivity contribution in [3.05, 3.63) is 65.2 Å². The molecule has 154 valence electrons. The lowest BCUT2D eigenvalue weighted by molar-refractivity contribution is -0.134. The van der Waals surface area contributed by atoms with Gasteiger partial charge in [0.05, 0.1) is 0 Å². The summed E-state index contributed by atoms with van der Waals surface area (Å²) in [4.78, 5) is 26.2. The number of likely N-dealkylation sites (tertiary alicyclic amines) is 1. The molecule has 1 aliphatic heterocycles. The number of ether oxygens (including phenoxy) is 2. The molecule has 3 rings (SSSR count). The first-order chi connectivity index (χ1) is 14.0. The SMILES string of the molecule is Cc1ccc(OCC(=O)N2CCC(NC(=O)OCc3ccccc3)CC2)cc1C. The van der Waals surface area contributed by atoms with Crippen molar-refractivity contribution in [2.75, 3.05) is 19.7 Å². The maximum Gasteiger partial charge on any atom is 0.407 e. The molecule has 1 saturated heterocycles. The normalized spacial score (nSPS) is 14.3. The minimum Gasteiger partial charge on any atom is -0.484 e. The monoisotopic (exact) mass is 396 g/mol. The highest BCUT2D eigenvalue weighted by atomic mass is 16.5. The van der Waals surface area contributed by atoms with Crippen molar-refractivity contribution in [3.8, 4) is 5.75 Å². The maximum atomic E-state index is 12.4. The molecule has 0 unspecified atom stereocenters. The van der Waals surface area contributed by atoms with Gasteiger partial charge in [-0.2, -0.15) is 0 Å². The lowest BCUT2D eigenvalue weighted by atomic mass is 10.1. The van der Waals surface area contributed by atoms with Crippen LogP contribution in [0.1, 0.15) is 29.5 Å². The van der Waals surface area contributed by atoms with Gasteiger partial charge in [-0.05, 0) is 55.5 Å². The lowest BCUT2D eigenvalue weighted by Gasteiger charge is -2.32. The Morgan fingerprint density at radius 3 is 2.45 bits per heavy atom. The van der Waals surface area contributed by atoms with E-state index in [0.717, 1.165) is 11.1 Å². The van der Waals surface area contributed by atoms with Crippen LogP contribution in [0.3, 0.4) is 0 Å². The molecule has 0 spiro atoms. The van der Waals surface area contributed by atoms with E-state index < -0.39 is 6.09 Å². The fourth-order valence-electron chi connectivity index (χ4n) is 3.24. The van der Waals surface area contributed by atoms with Crippen LogP contribution < -0.4 is 10.1 Å². The molecule has 0 radical (unpaired) electrons. The van der Waals surface area contributed by atoms with E-state index in [9.17, 15) is 9.59 Å². The molecule has 29 heavy (non-hydrogen) atoms. The molecule has 0 saturated carbocycles. The Labute approximate surface area is 171 Å². The molecule has 2 amide bonds. The third-order valence-electron chi connectivity index (χ3n) is 5.22. The number of nitrogens with zero attached hydrogens (tertiary/aromatic N) is 1. The Kier molecular flexibility index (Phi) is 7.11. The van der Waals surface area contributed by atoms with Gasteiger partial charge in [0.25, 0.3) is 5.91 Å². The van der Waals surface area contributed by atoms with Crippen molar-refractivity contribution in [1.82, 2.24) is 10.2 Å². The zero-order valence-electron chi connectivity index (χ0n) is 17.0. The zero-order chi connectivity index (χ0) is 20.6. The van der Waals surface area contributed by atoms with Crippen LogP contribution in [0, 0.1) is 13.8 Å². The van der Waals surface area contributed by atoms with Crippen LogP contribution in [0.4, 0.5) is 4.79 Å². The van der Waals surface area contributed by atoms with E-state index >= 15 is 0 Å². The summed E-state index contributed by atoms with van der Waals surface area (Å²) < 4.78 is 10.9. The third kappa shape index (κ3) is 6.24. The fourth-order valence-corrected chi connectivity index (χ4v) is 3.24. The second-order valence-corrected chi connectivity index (χ2v) is 7.40. The van der Waals surface area contributed by atoms with Gasteiger partial charge in [0, 0.05) is 19.1 Å². The van der Waals surface area contributed by atoms with E-state index in [4.69, 9.17) is 9.47 Å². The van der Waals surface area contributed by atoms with Gasteiger partial charge in [0.1, 0.15) is 12.4 Å². The van der Waals surface area contributed by atoms with Gasteiger partial charge in [0.15, 0.2) is 6.61 Å². The van der Waals surface area contributed by atoms with E-state index in [2.05, 4.69) is 5.32 Å². The van der Waals surface area contributed by atoms with E-state index in [1.54, 1.807) is 4.90 Å². The summed E-state index contributed by atoms with van der Waals surface area (Å²) in [6.45, 7) is 5.53. The average molecular weight is 396 g/mol. The number of amides is 2. The van der Waals surface area contributed by atoms with Gasteiger partial charge in [-0.25, -0.2) is 4.79 Å². The summed E-state index contributed by atoms with van der Waals surface area (Å²) in [5.74, 6) is 0.674. The summed E-state index contributed by atoms with van der Waals surface area (Å²) in [5, 5.41) is 2.89. The molecule has 0 aliphatic carbocycles. The molecule has 0 atom stereocenters. The molecule has 2 aromatic rings. The fraction of sp³-hybridized carbons (Fsp3) is 0.391. The predicted molar refractivity (Wildman–Crippen MR) is 111 cm³/mol. The first kappa shape index (κ1) is 20.7. The molecule has 1 aliphatic rings. The van der Waals surface area contributed by atoms with Crippen LogP contribution in [0.2, 0.25) is 0 Å². The topological polar surface area (TPSA) is 67.9 Å². The van der Waals surface area contributed by atoms with Crippen molar-refractivity contribution < 1.29 is 19.1 Å². The van der Waals surface area contributed by atoms with Crippen molar-refractivity contribution in [3.63, 3.8) is 0 Å². The predicted octanol–water partition coefficient (Wildman–Crippen LogP) is 3.60. The van der Waals surface area contributed by atoms with E-state index in [0.29, 0.717) is 31.7 Å². The number of rotatable bonds is 6. The maximum absolute atomic E-state index is 12.4. The molecule has 1 N–H and O–H groups in total. The zero-order valence-corrected chi connectivity index (χ0v) is 17.0. The standard InChI is InChI=1S/C23H28N2O4/c1-17-8-9-21(14-18(17)2)28-16-22(26)25-12-10-20(11-13-25)24-23(27)29-15-19-6-4-3-5-7-19/h3-9,14,20H,10-13,15-16H2,1-2H3,(H,24,27). The highest BCUT2D eigenvalue weighted by molar-refractivity contribution is 5.78. The second kappa shape index (κ2) is 9.96. The van der Waals surface area contributed by atoms with Crippen molar-refractivity contribution in [2.24, 2.45) is 0 Å². The van der Waals surface area contributed by atoms with Gasteiger partial charge >= 0.3 is 6.09 Å². The van der Waals surface area contributed by atoms with Crippen molar-refractivity contribution >= 4 is 12.0 Å². The highest BCUT2D eigenvalue weighted by Gasteiger charge is 2.24. The molecular formula is C23H28N2O4. The minimum atomic E-state index is -0.420. The van der Waals surface area contributed by atoms with Crippen LogP contribution in [0.25, 0.3) is 0 Å². The van der Waals surface area contributed by atoms with E-state index in [1.165, 1.54) is 5.56 Å². The van der Waals surface area contributed by atoms with Gasteiger partial charge in [-0.3, -0.25) is 4.79 Å². The lowest BCUT2D eigenvalue weighted by Crippen LogP contribution is -2.47. The van der Waals surface area contributed by atoms with Crippen LogP contribution in [0.15, 0.2) is 48.5 Å². The van der Waals surface area contributed by atoms with E-state index in [-0.39, 0.29) is 25.2 Å². The number of piperidine rings is 1. The first-order valence-corrected chi connectivity index (χ1v) is 9.96. The number of nitrogens with one attached hydrogen (secondary N) is 1. The van der Waals surface area contributed by atoms with Crippen LogP contribution in [-0.2, 0) is 16.1 Å². The second-order valence-electron chi connectivity index (χ2n) is 7.40. The molecule has 0 aromatic heterocycles. The third-order valence-corrected chi connectivity index (χ3v) is 5.22. The Morgan fingerprint density at radius 2 is 1.76 bits per heavy atom. The summed E-state index contributed by atoms with van der Waals surface area (Å²) in [5.41, 5.74) is 3.29.